The van der Waals surface area contributed by atoms with E-state index < -0.39 is 0 Å². The third kappa shape index (κ3) is 5.20. The summed E-state index contributed by atoms with van der Waals surface area (Å²) in [6.45, 7) is 0. The van der Waals surface area contributed by atoms with Gasteiger partial charge in [-0.15, -0.1) is 0 Å². The molecule has 0 saturated carbocycles. The van der Waals surface area contributed by atoms with E-state index >= 15 is 0 Å². The molecule has 0 amide bonds. The molecule has 5 heterocycles. The number of H-pyrrole nitrogens is 3. The second kappa shape index (κ2) is 11.9. The van der Waals surface area contributed by atoms with Crippen LogP contribution in [0.4, 0.5) is 0 Å². The fourth-order valence-electron chi connectivity index (χ4n) is 7.23. The fourth-order valence-corrected chi connectivity index (χ4v) is 7.23. The van der Waals surface area contributed by atoms with Gasteiger partial charge in [-0.3, -0.25) is 0 Å². The Morgan fingerprint density at radius 2 is 0.939 bits per heavy atom. The number of hydrogen-bond acceptors (Lipinski definition) is 0. The van der Waals surface area contributed by atoms with Crippen molar-refractivity contribution >= 4 is 23.8 Å². The number of hydrogen-bond donors (Lipinski definition) is 3. The lowest BCUT2D eigenvalue weighted by molar-refractivity contribution is 0.857. The molecular formula is C45H34N4. The quantitative estimate of drug-likeness (QED) is 0.187. The maximum Gasteiger partial charge on any atom is 0.0596 e. The minimum atomic E-state index is 1.02. The van der Waals surface area contributed by atoms with Crippen molar-refractivity contribution in [3.05, 3.63) is 201 Å². The Morgan fingerprint density at radius 1 is 0.429 bits per heavy atom. The van der Waals surface area contributed by atoms with E-state index in [1.54, 1.807) is 0 Å². The summed E-state index contributed by atoms with van der Waals surface area (Å²) in [6, 6.07) is 54.0. The lowest BCUT2D eigenvalue weighted by Gasteiger charge is -2.13. The molecule has 0 aliphatic carbocycles. The molecule has 49 heavy (non-hydrogen) atoms. The van der Waals surface area contributed by atoms with Gasteiger partial charge in [0.2, 0.25) is 0 Å². The van der Waals surface area contributed by atoms with E-state index in [-0.39, 0.29) is 0 Å². The van der Waals surface area contributed by atoms with Crippen molar-refractivity contribution in [1.82, 2.24) is 19.5 Å². The lowest BCUT2D eigenvalue weighted by Crippen LogP contribution is -2.27. The maximum atomic E-state index is 3.92. The minimum Gasteiger partial charge on any atom is -0.355 e. The predicted octanol–water partition coefficient (Wildman–Crippen LogP) is 7.06. The van der Waals surface area contributed by atoms with Gasteiger partial charge in [0.15, 0.2) is 0 Å². The SMILES string of the molecule is Cn1c2c(-c3ccccc3)c(-c3ccccc3)c1=C(c1ccccc1)c1[nH]c(cc1-c1ccccc1)C=c1ccc([nH]1)=Cc1ccc([nH]1)C=2. The van der Waals surface area contributed by atoms with Crippen LogP contribution in [0.25, 0.3) is 57.2 Å². The molecule has 4 aromatic heterocycles. The Kier molecular flexibility index (Phi) is 6.98. The molecular weight excluding hydrogens is 597 g/mol. The summed E-state index contributed by atoms with van der Waals surface area (Å²) in [6.07, 6.45) is 6.64. The highest BCUT2D eigenvalue weighted by Gasteiger charge is 2.24. The summed E-state index contributed by atoms with van der Waals surface area (Å²) < 4.78 is 2.39. The molecule has 0 fully saturated rings. The third-order valence-corrected chi connectivity index (χ3v) is 9.41. The van der Waals surface area contributed by atoms with E-state index in [0.29, 0.717) is 0 Å². The number of aromatic nitrogens is 4. The average Bonchev–Trinajstić information content (AvgIpc) is 3.95. The Bertz CT molecular complexity index is 2690. The smallest absolute Gasteiger partial charge is 0.0596 e. The maximum absolute atomic E-state index is 3.92. The van der Waals surface area contributed by atoms with Gasteiger partial charge < -0.3 is 19.5 Å². The standard InChI is InChI=1S/C45H34N4/c1-49-40-29-37-25-24-35(47-37)26-34-22-23-36(46-34)27-38-28-39(30-14-6-2-7-15-30)44(48-38)43(33-20-12-5-13-21-33)45(49)42(32-18-10-4-11-19-32)41(40)31-16-8-3-9-17-31/h2-29,46-48H,1H3. The first-order valence-electron chi connectivity index (χ1n) is 16.7. The minimum absolute atomic E-state index is 1.02. The predicted molar refractivity (Wildman–Crippen MR) is 201 cm³/mol. The molecule has 234 valence electrons. The molecule has 3 N–H and O–H groups in total. The summed E-state index contributed by atoms with van der Waals surface area (Å²) in [4.78, 5) is 11.2. The lowest BCUT2D eigenvalue weighted by atomic mass is 9.92. The Labute approximate surface area is 284 Å². The van der Waals surface area contributed by atoms with E-state index in [4.69, 9.17) is 0 Å². The Balaban J connectivity index is 1.55. The highest BCUT2D eigenvalue weighted by atomic mass is 14.9. The van der Waals surface area contributed by atoms with E-state index in [1.807, 2.05) is 0 Å². The van der Waals surface area contributed by atoms with Crippen LogP contribution in [-0.2, 0) is 7.05 Å². The summed E-state index contributed by atoms with van der Waals surface area (Å²) in [5, 5.41) is 4.33. The summed E-state index contributed by atoms with van der Waals surface area (Å²) in [7, 11) is 2.21. The van der Waals surface area contributed by atoms with E-state index in [0.717, 1.165) is 72.0 Å². The number of nitrogens with zero attached hydrogens (tertiary/aromatic N) is 1. The second-order valence-corrected chi connectivity index (χ2v) is 12.6. The number of aromatic amines is 3. The van der Waals surface area contributed by atoms with Crippen molar-refractivity contribution in [2.75, 3.05) is 0 Å². The van der Waals surface area contributed by atoms with Crippen molar-refractivity contribution in [2.24, 2.45) is 7.05 Å². The first kappa shape index (κ1) is 28.7. The van der Waals surface area contributed by atoms with Crippen LogP contribution in [0, 0.1) is 0 Å². The van der Waals surface area contributed by atoms with Crippen LogP contribution in [0.15, 0.2) is 152 Å². The molecule has 0 radical (unpaired) electrons. The van der Waals surface area contributed by atoms with E-state index in [2.05, 4.69) is 196 Å². The topological polar surface area (TPSA) is 52.3 Å². The summed E-state index contributed by atoms with van der Waals surface area (Å²) >= 11 is 0. The highest BCUT2D eigenvalue weighted by molar-refractivity contribution is 5.93. The zero-order chi connectivity index (χ0) is 32.7. The molecule has 4 aromatic carbocycles. The van der Waals surface area contributed by atoms with E-state index in [1.165, 1.54) is 16.7 Å². The number of benzene rings is 4. The number of rotatable bonds is 4. The van der Waals surface area contributed by atoms with Crippen molar-refractivity contribution in [1.29, 1.82) is 0 Å². The van der Waals surface area contributed by atoms with Gasteiger partial charge in [-0.2, -0.15) is 0 Å². The van der Waals surface area contributed by atoms with Gasteiger partial charge in [0.05, 0.1) is 16.4 Å². The van der Waals surface area contributed by atoms with Crippen molar-refractivity contribution in [3.8, 4) is 33.4 Å². The molecule has 0 saturated heterocycles. The molecule has 8 bridgehead atoms. The zero-order valence-corrected chi connectivity index (χ0v) is 27.1. The van der Waals surface area contributed by atoms with E-state index in [9.17, 15) is 0 Å². The van der Waals surface area contributed by atoms with Crippen LogP contribution >= 0.6 is 0 Å². The number of nitrogens with one attached hydrogen (secondary N) is 3. The van der Waals surface area contributed by atoms with Crippen molar-refractivity contribution in [2.45, 2.75) is 0 Å². The van der Waals surface area contributed by atoms with Crippen LogP contribution < -0.4 is 21.4 Å². The molecule has 0 atom stereocenters. The summed E-state index contributed by atoms with van der Waals surface area (Å²) in [5.41, 5.74) is 13.5. The largest absolute Gasteiger partial charge is 0.355 e. The van der Waals surface area contributed by atoms with Crippen molar-refractivity contribution < 1.29 is 0 Å². The third-order valence-electron chi connectivity index (χ3n) is 9.41. The van der Waals surface area contributed by atoms with Crippen LogP contribution in [0.5, 0.6) is 0 Å². The molecule has 4 nitrogen and oxygen atoms in total. The normalized spacial score (nSPS) is 12.2. The Hall–Kier alpha value is -6.52. The molecule has 0 spiro atoms. The van der Waals surface area contributed by atoms with Crippen LogP contribution in [-0.4, -0.2) is 19.5 Å². The van der Waals surface area contributed by atoms with Gasteiger partial charge >= 0.3 is 0 Å². The van der Waals surface area contributed by atoms with Crippen LogP contribution in [0.1, 0.15) is 28.3 Å². The molecule has 1 aliphatic rings. The summed E-state index contributed by atoms with van der Waals surface area (Å²) in [5.74, 6) is 0. The Morgan fingerprint density at radius 3 is 1.55 bits per heavy atom. The van der Waals surface area contributed by atoms with Crippen LogP contribution in [0.3, 0.4) is 0 Å². The van der Waals surface area contributed by atoms with Gasteiger partial charge in [0, 0.05) is 57.1 Å². The van der Waals surface area contributed by atoms with Crippen LogP contribution in [0.2, 0.25) is 0 Å². The number of fused-ring (bicyclic) bond motifs is 8. The molecule has 0 unspecified atom stereocenters. The first-order chi connectivity index (χ1) is 24.2. The first-order valence-corrected chi connectivity index (χ1v) is 16.7. The van der Waals surface area contributed by atoms with Crippen molar-refractivity contribution in [3.63, 3.8) is 0 Å². The molecule has 1 aliphatic heterocycles. The van der Waals surface area contributed by atoms with Gasteiger partial charge in [0.25, 0.3) is 0 Å². The molecule has 9 rings (SSSR count). The average molecular weight is 631 g/mol. The van der Waals surface area contributed by atoms with Gasteiger partial charge in [-0.25, -0.2) is 0 Å². The van der Waals surface area contributed by atoms with Gasteiger partial charge in [-0.1, -0.05) is 121 Å². The molecule has 8 aromatic rings. The second-order valence-electron chi connectivity index (χ2n) is 12.6. The fraction of sp³-hybridized carbons (Fsp3) is 0.0222. The van der Waals surface area contributed by atoms with Gasteiger partial charge in [0.1, 0.15) is 0 Å². The van der Waals surface area contributed by atoms with Gasteiger partial charge in [-0.05, 0) is 70.8 Å². The zero-order valence-electron chi connectivity index (χ0n) is 27.1. The highest BCUT2D eigenvalue weighted by Crippen LogP contribution is 2.35. The monoisotopic (exact) mass is 630 g/mol. The molecule has 4 heteroatoms.